The van der Waals surface area contributed by atoms with Crippen LogP contribution in [0, 0.1) is 0 Å². The van der Waals surface area contributed by atoms with Gasteiger partial charge in [0.25, 0.3) is 0 Å². The summed E-state index contributed by atoms with van der Waals surface area (Å²) in [6.07, 6.45) is 1.70. The summed E-state index contributed by atoms with van der Waals surface area (Å²) < 4.78 is 1.55. The van der Waals surface area contributed by atoms with Gasteiger partial charge in [0, 0.05) is 12.7 Å². The standard InChI is InChI=1S/C13H16N4O/c1-10(17-8-7-12(14)16-17)13(18)15-9-11-5-3-2-4-6-11/h2-8,10H,9H2,1H3,(H2,14,16)(H,15,18). The number of carbonyl (C=O) groups is 1. The molecule has 2 aromatic rings. The molecule has 3 N–H and O–H groups in total. The van der Waals surface area contributed by atoms with Crippen LogP contribution in [0.25, 0.3) is 0 Å². The lowest BCUT2D eigenvalue weighted by atomic mass is 10.2. The molecule has 0 bridgehead atoms. The molecule has 0 radical (unpaired) electrons. The van der Waals surface area contributed by atoms with Crippen LogP contribution in [0.15, 0.2) is 42.6 Å². The normalized spacial score (nSPS) is 12.1. The van der Waals surface area contributed by atoms with Crippen LogP contribution in [-0.4, -0.2) is 15.7 Å². The monoisotopic (exact) mass is 244 g/mol. The number of hydrogen-bond acceptors (Lipinski definition) is 3. The lowest BCUT2D eigenvalue weighted by Crippen LogP contribution is -2.30. The van der Waals surface area contributed by atoms with Crippen molar-refractivity contribution in [2.24, 2.45) is 0 Å². The van der Waals surface area contributed by atoms with Gasteiger partial charge in [-0.2, -0.15) is 5.10 Å². The van der Waals surface area contributed by atoms with Crippen LogP contribution in [0.5, 0.6) is 0 Å². The van der Waals surface area contributed by atoms with Crippen molar-refractivity contribution in [3.05, 3.63) is 48.2 Å². The highest BCUT2D eigenvalue weighted by Gasteiger charge is 2.14. The molecule has 94 valence electrons. The van der Waals surface area contributed by atoms with E-state index in [1.54, 1.807) is 23.9 Å². The molecule has 0 saturated carbocycles. The van der Waals surface area contributed by atoms with Crippen molar-refractivity contribution in [3.63, 3.8) is 0 Å². The van der Waals surface area contributed by atoms with Crippen LogP contribution in [0.2, 0.25) is 0 Å². The molecule has 1 amide bonds. The van der Waals surface area contributed by atoms with E-state index in [-0.39, 0.29) is 11.9 Å². The summed E-state index contributed by atoms with van der Waals surface area (Å²) in [6, 6.07) is 11.1. The maximum Gasteiger partial charge on any atom is 0.244 e. The number of nitrogens with zero attached hydrogens (tertiary/aromatic N) is 2. The Balaban J connectivity index is 1.92. The van der Waals surface area contributed by atoms with E-state index >= 15 is 0 Å². The number of nitrogen functional groups attached to an aromatic ring is 1. The van der Waals surface area contributed by atoms with Crippen molar-refractivity contribution in [1.29, 1.82) is 0 Å². The van der Waals surface area contributed by atoms with E-state index < -0.39 is 0 Å². The molecule has 1 aromatic heterocycles. The summed E-state index contributed by atoms with van der Waals surface area (Å²) in [4.78, 5) is 11.9. The first kappa shape index (κ1) is 12.2. The summed E-state index contributed by atoms with van der Waals surface area (Å²) in [5, 5.41) is 6.89. The molecule has 0 saturated heterocycles. The third kappa shape index (κ3) is 2.88. The number of aromatic nitrogens is 2. The van der Waals surface area contributed by atoms with E-state index in [4.69, 9.17) is 5.73 Å². The Labute approximate surface area is 106 Å². The second-order valence-electron chi connectivity index (χ2n) is 4.10. The van der Waals surface area contributed by atoms with E-state index in [0.29, 0.717) is 12.4 Å². The smallest absolute Gasteiger partial charge is 0.244 e. The van der Waals surface area contributed by atoms with Gasteiger partial charge >= 0.3 is 0 Å². The van der Waals surface area contributed by atoms with Gasteiger partial charge in [0.15, 0.2) is 0 Å². The van der Waals surface area contributed by atoms with Gasteiger partial charge in [0.05, 0.1) is 0 Å². The number of hydrogen-bond donors (Lipinski definition) is 2. The molecule has 0 aliphatic rings. The lowest BCUT2D eigenvalue weighted by Gasteiger charge is -2.12. The van der Waals surface area contributed by atoms with Gasteiger partial charge < -0.3 is 11.1 Å². The van der Waals surface area contributed by atoms with Gasteiger partial charge in [-0.25, -0.2) is 0 Å². The highest BCUT2D eigenvalue weighted by Crippen LogP contribution is 2.07. The van der Waals surface area contributed by atoms with Crippen molar-refractivity contribution < 1.29 is 4.79 Å². The minimum absolute atomic E-state index is 0.0815. The first-order chi connectivity index (χ1) is 8.66. The molecule has 5 nitrogen and oxygen atoms in total. The molecule has 0 aliphatic heterocycles. The van der Waals surface area contributed by atoms with Crippen molar-refractivity contribution in [3.8, 4) is 0 Å². The van der Waals surface area contributed by atoms with E-state index in [1.807, 2.05) is 30.3 Å². The molecular weight excluding hydrogens is 228 g/mol. The third-order valence-corrected chi connectivity index (χ3v) is 2.71. The van der Waals surface area contributed by atoms with Crippen molar-refractivity contribution >= 4 is 11.7 Å². The zero-order chi connectivity index (χ0) is 13.0. The van der Waals surface area contributed by atoms with Gasteiger partial charge in [-0.05, 0) is 18.6 Å². The van der Waals surface area contributed by atoms with Crippen LogP contribution in [0.4, 0.5) is 5.82 Å². The summed E-state index contributed by atoms with van der Waals surface area (Å²) in [5.74, 6) is 0.333. The Bertz CT molecular complexity index is 521. The number of rotatable bonds is 4. The molecule has 0 aliphatic carbocycles. The Morgan fingerprint density at radius 3 is 2.72 bits per heavy atom. The second-order valence-corrected chi connectivity index (χ2v) is 4.10. The lowest BCUT2D eigenvalue weighted by molar-refractivity contribution is -0.124. The summed E-state index contributed by atoms with van der Waals surface area (Å²) >= 11 is 0. The number of amides is 1. The van der Waals surface area contributed by atoms with Gasteiger partial charge in [-0.15, -0.1) is 0 Å². The molecule has 0 spiro atoms. The van der Waals surface area contributed by atoms with Gasteiger partial charge in [0.2, 0.25) is 5.91 Å². The molecule has 0 fully saturated rings. The van der Waals surface area contributed by atoms with Crippen LogP contribution in [0.3, 0.4) is 0 Å². The average Bonchev–Trinajstić information content (AvgIpc) is 2.83. The predicted molar refractivity (Wildman–Crippen MR) is 69.6 cm³/mol. The number of nitrogens with two attached hydrogens (primary N) is 1. The SMILES string of the molecule is CC(C(=O)NCc1ccccc1)n1ccc(N)n1. The average molecular weight is 244 g/mol. The van der Waals surface area contributed by atoms with E-state index in [0.717, 1.165) is 5.56 Å². The van der Waals surface area contributed by atoms with E-state index in [9.17, 15) is 4.79 Å². The number of nitrogens with one attached hydrogen (secondary N) is 1. The Kier molecular flexibility index (Phi) is 3.62. The van der Waals surface area contributed by atoms with E-state index in [1.165, 1.54) is 0 Å². The summed E-state index contributed by atoms with van der Waals surface area (Å²) in [7, 11) is 0. The van der Waals surface area contributed by atoms with Gasteiger partial charge in [0.1, 0.15) is 11.9 Å². The topological polar surface area (TPSA) is 72.9 Å². The molecule has 1 heterocycles. The van der Waals surface area contributed by atoms with Crippen LogP contribution >= 0.6 is 0 Å². The number of carbonyl (C=O) groups excluding carboxylic acids is 1. The first-order valence-electron chi connectivity index (χ1n) is 5.79. The minimum Gasteiger partial charge on any atom is -0.382 e. The first-order valence-corrected chi connectivity index (χ1v) is 5.79. The Morgan fingerprint density at radius 2 is 2.11 bits per heavy atom. The number of benzene rings is 1. The van der Waals surface area contributed by atoms with Gasteiger partial charge in [-0.3, -0.25) is 9.48 Å². The highest BCUT2D eigenvalue weighted by atomic mass is 16.2. The van der Waals surface area contributed by atoms with Crippen LogP contribution < -0.4 is 11.1 Å². The Morgan fingerprint density at radius 1 is 1.39 bits per heavy atom. The van der Waals surface area contributed by atoms with Crippen LogP contribution in [0.1, 0.15) is 18.5 Å². The van der Waals surface area contributed by atoms with Crippen molar-refractivity contribution in [2.45, 2.75) is 19.5 Å². The van der Waals surface area contributed by atoms with Gasteiger partial charge in [-0.1, -0.05) is 30.3 Å². The minimum atomic E-state index is -0.369. The maximum atomic E-state index is 11.9. The second kappa shape index (κ2) is 5.35. The fourth-order valence-electron chi connectivity index (χ4n) is 1.62. The summed E-state index contributed by atoms with van der Waals surface area (Å²) in [6.45, 7) is 2.30. The quantitative estimate of drug-likeness (QED) is 0.852. The maximum absolute atomic E-state index is 11.9. The zero-order valence-electron chi connectivity index (χ0n) is 10.2. The predicted octanol–water partition coefficient (Wildman–Crippen LogP) is 1.34. The van der Waals surface area contributed by atoms with Crippen LogP contribution in [-0.2, 0) is 11.3 Å². The fourth-order valence-corrected chi connectivity index (χ4v) is 1.62. The molecule has 18 heavy (non-hydrogen) atoms. The van der Waals surface area contributed by atoms with Crippen molar-refractivity contribution in [1.82, 2.24) is 15.1 Å². The molecule has 1 aromatic carbocycles. The molecule has 5 heteroatoms. The van der Waals surface area contributed by atoms with Crippen molar-refractivity contribution in [2.75, 3.05) is 5.73 Å². The summed E-state index contributed by atoms with van der Waals surface area (Å²) in [5.41, 5.74) is 6.59. The zero-order valence-corrected chi connectivity index (χ0v) is 10.2. The molecular formula is C13H16N4O. The molecule has 1 unspecified atom stereocenters. The van der Waals surface area contributed by atoms with E-state index in [2.05, 4.69) is 10.4 Å². The highest BCUT2D eigenvalue weighted by molar-refractivity contribution is 5.79. The third-order valence-electron chi connectivity index (χ3n) is 2.71. The molecule has 1 atom stereocenters. The molecule has 2 rings (SSSR count). The Hall–Kier alpha value is -2.30. The number of anilines is 1. The largest absolute Gasteiger partial charge is 0.382 e. The fraction of sp³-hybridized carbons (Fsp3) is 0.231.